The number of hydrogen-bond acceptors (Lipinski definition) is 7. The van der Waals surface area contributed by atoms with Crippen molar-refractivity contribution in [2.24, 2.45) is 5.16 Å². The number of fused-ring (bicyclic) bond motifs is 2. The van der Waals surface area contributed by atoms with Crippen LogP contribution in [0, 0.1) is 0 Å². The minimum atomic E-state index is -0.571. The summed E-state index contributed by atoms with van der Waals surface area (Å²) in [5, 5.41) is 8.02. The summed E-state index contributed by atoms with van der Waals surface area (Å²) in [6, 6.07) is 5.82. The topological polar surface area (TPSA) is 82.0 Å². The molecular weight excluding hydrogens is 378 g/mol. The van der Waals surface area contributed by atoms with Crippen LogP contribution in [0.1, 0.15) is 40.4 Å². The molecule has 0 spiro atoms. The lowest BCUT2D eigenvalue weighted by molar-refractivity contribution is -0.131. The van der Waals surface area contributed by atoms with Crippen LogP contribution in [-0.2, 0) is 35.4 Å². The third-order valence-electron chi connectivity index (χ3n) is 5.17. The van der Waals surface area contributed by atoms with Crippen LogP contribution in [0.3, 0.4) is 0 Å². The van der Waals surface area contributed by atoms with Gasteiger partial charge in [0, 0.05) is 17.7 Å². The molecule has 2 aromatic rings. The van der Waals surface area contributed by atoms with E-state index in [0.29, 0.717) is 19.4 Å². The first-order valence-corrected chi connectivity index (χ1v) is 10.4. The Labute approximate surface area is 166 Å². The maximum atomic E-state index is 12.4. The normalized spacial score (nSPS) is 19.7. The van der Waals surface area contributed by atoms with Crippen LogP contribution in [0.5, 0.6) is 11.5 Å². The highest BCUT2D eigenvalue weighted by Crippen LogP contribution is 2.33. The molecule has 1 amide bonds. The fraction of sp³-hybridized carbons (Fsp3) is 0.450. The van der Waals surface area contributed by atoms with Gasteiger partial charge in [0.15, 0.2) is 11.5 Å². The highest BCUT2D eigenvalue weighted by atomic mass is 32.1. The molecule has 5 rings (SSSR count). The number of benzene rings is 1. The Morgan fingerprint density at radius 2 is 2.11 bits per heavy atom. The molecule has 1 N–H and O–H groups in total. The molecule has 8 heteroatoms. The van der Waals surface area contributed by atoms with Gasteiger partial charge in [-0.3, -0.25) is 4.79 Å². The van der Waals surface area contributed by atoms with Gasteiger partial charge in [0.1, 0.15) is 5.01 Å². The van der Waals surface area contributed by atoms with Gasteiger partial charge in [-0.1, -0.05) is 11.2 Å². The minimum absolute atomic E-state index is 0.141. The Morgan fingerprint density at radius 3 is 3.04 bits per heavy atom. The fourth-order valence-electron chi connectivity index (χ4n) is 3.72. The average molecular weight is 399 g/mol. The van der Waals surface area contributed by atoms with Gasteiger partial charge in [0.25, 0.3) is 5.91 Å². The maximum Gasteiger partial charge on any atom is 0.264 e. The van der Waals surface area contributed by atoms with Gasteiger partial charge in [-0.15, -0.1) is 11.3 Å². The second-order valence-corrected chi connectivity index (χ2v) is 8.39. The van der Waals surface area contributed by atoms with Crippen molar-refractivity contribution in [3.63, 3.8) is 0 Å². The second kappa shape index (κ2) is 7.43. The molecule has 146 valence electrons. The molecule has 0 bridgehead atoms. The van der Waals surface area contributed by atoms with E-state index in [0.717, 1.165) is 40.6 Å². The van der Waals surface area contributed by atoms with E-state index in [-0.39, 0.29) is 12.7 Å². The lowest BCUT2D eigenvalue weighted by atomic mass is 10.0. The van der Waals surface area contributed by atoms with Gasteiger partial charge in [-0.05, 0) is 43.4 Å². The molecule has 0 fully saturated rings. The largest absolute Gasteiger partial charge is 0.454 e. The number of carbonyl (C=O) groups is 1. The zero-order chi connectivity index (χ0) is 18.9. The van der Waals surface area contributed by atoms with Crippen LogP contribution >= 0.6 is 11.3 Å². The molecule has 1 atom stereocenters. The van der Waals surface area contributed by atoms with Crippen LogP contribution in [0.4, 0.5) is 0 Å². The number of carbonyl (C=O) groups excluding carboxylic acids is 1. The molecule has 3 aliphatic rings. The van der Waals surface area contributed by atoms with E-state index in [2.05, 4.69) is 15.5 Å². The zero-order valence-corrected chi connectivity index (χ0v) is 16.2. The fourth-order valence-corrected chi connectivity index (χ4v) is 4.81. The number of ether oxygens (including phenoxy) is 2. The lowest BCUT2D eigenvalue weighted by Crippen LogP contribution is -2.34. The van der Waals surface area contributed by atoms with Crippen molar-refractivity contribution in [3.8, 4) is 11.5 Å². The predicted octanol–water partition coefficient (Wildman–Crippen LogP) is 2.75. The molecule has 1 aliphatic carbocycles. The van der Waals surface area contributed by atoms with Gasteiger partial charge < -0.3 is 19.6 Å². The molecule has 0 saturated carbocycles. The molecule has 7 nitrogen and oxygen atoms in total. The monoisotopic (exact) mass is 399 g/mol. The van der Waals surface area contributed by atoms with E-state index >= 15 is 0 Å². The van der Waals surface area contributed by atoms with Gasteiger partial charge in [0.05, 0.1) is 18.0 Å². The van der Waals surface area contributed by atoms with Gasteiger partial charge in [0.2, 0.25) is 12.9 Å². The summed E-state index contributed by atoms with van der Waals surface area (Å²) in [4.78, 5) is 23.8. The third-order valence-corrected chi connectivity index (χ3v) is 6.33. The minimum Gasteiger partial charge on any atom is -0.454 e. The van der Waals surface area contributed by atoms with Crippen LogP contribution < -0.4 is 14.8 Å². The Bertz CT molecular complexity index is 916. The summed E-state index contributed by atoms with van der Waals surface area (Å²) in [7, 11) is 0. The van der Waals surface area contributed by atoms with Crippen molar-refractivity contribution in [2.45, 2.75) is 51.2 Å². The smallest absolute Gasteiger partial charge is 0.264 e. The van der Waals surface area contributed by atoms with E-state index in [1.54, 1.807) is 11.3 Å². The molecule has 0 saturated heterocycles. The number of nitrogens with one attached hydrogen (secondary N) is 1. The maximum absolute atomic E-state index is 12.4. The zero-order valence-electron chi connectivity index (χ0n) is 15.4. The summed E-state index contributed by atoms with van der Waals surface area (Å²) in [6.07, 6.45) is 5.17. The van der Waals surface area contributed by atoms with Gasteiger partial charge in [-0.2, -0.15) is 0 Å². The van der Waals surface area contributed by atoms with Gasteiger partial charge in [-0.25, -0.2) is 4.98 Å². The number of oxime groups is 1. The predicted molar refractivity (Wildman–Crippen MR) is 104 cm³/mol. The third kappa shape index (κ3) is 3.56. The van der Waals surface area contributed by atoms with E-state index in [4.69, 9.17) is 14.3 Å². The summed E-state index contributed by atoms with van der Waals surface area (Å²) in [5.41, 5.74) is 3.12. The first-order valence-electron chi connectivity index (χ1n) is 9.60. The molecule has 1 aromatic carbocycles. The van der Waals surface area contributed by atoms with Crippen molar-refractivity contribution < 1.29 is 19.1 Å². The Balaban J connectivity index is 1.13. The lowest BCUT2D eigenvalue weighted by Gasteiger charge is -2.08. The Hall–Kier alpha value is -2.61. The second-order valence-electron chi connectivity index (χ2n) is 7.22. The molecule has 0 radical (unpaired) electrons. The molecule has 2 aliphatic heterocycles. The van der Waals surface area contributed by atoms with Crippen LogP contribution in [0.2, 0.25) is 0 Å². The number of amides is 1. The Kier molecular flexibility index (Phi) is 4.64. The highest BCUT2D eigenvalue weighted by Gasteiger charge is 2.28. The molecule has 1 aromatic heterocycles. The van der Waals surface area contributed by atoms with Crippen molar-refractivity contribution in [1.29, 1.82) is 0 Å². The molecular formula is C20H21N3O4S. The van der Waals surface area contributed by atoms with E-state index in [9.17, 15) is 4.79 Å². The van der Waals surface area contributed by atoms with Gasteiger partial charge >= 0.3 is 0 Å². The van der Waals surface area contributed by atoms with E-state index in [1.165, 1.54) is 23.4 Å². The summed E-state index contributed by atoms with van der Waals surface area (Å²) in [5.74, 6) is 1.37. The van der Waals surface area contributed by atoms with Crippen molar-refractivity contribution in [2.75, 3.05) is 6.79 Å². The number of nitrogens with zero attached hydrogens (tertiary/aromatic N) is 2. The van der Waals surface area contributed by atoms with E-state index in [1.807, 2.05) is 18.2 Å². The van der Waals surface area contributed by atoms with Crippen molar-refractivity contribution in [1.82, 2.24) is 10.3 Å². The van der Waals surface area contributed by atoms with Crippen LogP contribution in [0.15, 0.2) is 23.4 Å². The number of thiazole rings is 1. The van der Waals surface area contributed by atoms with Crippen molar-refractivity contribution >= 4 is 23.0 Å². The van der Waals surface area contributed by atoms with E-state index < -0.39 is 6.10 Å². The Morgan fingerprint density at radius 1 is 1.21 bits per heavy atom. The quantitative estimate of drug-likeness (QED) is 0.836. The first-order chi connectivity index (χ1) is 13.7. The standard InChI is InChI=1S/C20H21N3O4S/c24-20(21-10-19-22-14-3-1-2-4-18(14)28-19)17-9-13(23-27-17)7-12-5-6-15-16(8-12)26-11-25-15/h5-6,8,17H,1-4,7,9-11H2,(H,21,24)/t17-/m0/s1. The molecule has 3 heterocycles. The first kappa shape index (κ1) is 17.5. The number of aryl methyl sites for hydroxylation is 2. The summed E-state index contributed by atoms with van der Waals surface area (Å²) in [6.45, 7) is 0.709. The highest BCUT2D eigenvalue weighted by molar-refractivity contribution is 7.11. The van der Waals surface area contributed by atoms with Crippen LogP contribution in [0.25, 0.3) is 0 Å². The summed E-state index contributed by atoms with van der Waals surface area (Å²) >= 11 is 1.71. The SMILES string of the molecule is O=C(NCc1nc2c(s1)CCCC2)[C@@H]1CC(Cc2ccc3c(c2)OCO3)=NO1. The number of hydrogen-bond donors (Lipinski definition) is 1. The molecule has 28 heavy (non-hydrogen) atoms. The van der Waals surface area contributed by atoms with Crippen molar-refractivity contribution in [3.05, 3.63) is 39.3 Å². The molecule has 0 unspecified atom stereocenters. The number of aromatic nitrogens is 1. The summed E-state index contributed by atoms with van der Waals surface area (Å²) < 4.78 is 10.7. The number of rotatable bonds is 5. The average Bonchev–Trinajstić information content (AvgIpc) is 3.44. The van der Waals surface area contributed by atoms with Crippen LogP contribution in [-0.4, -0.2) is 29.5 Å².